The normalized spacial score (nSPS) is 11.3. The van der Waals surface area contributed by atoms with Crippen LogP contribution in [0.4, 0.5) is 0 Å². The number of furan rings is 1. The molecule has 0 aromatic carbocycles. The van der Waals surface area contributed by atoms with Gasteiger partial charge in [-0.1, -0.05) is 0 Å². The molecule has 108 valence electrons. The van der Waals surface area contributed by atoms with E-state index in [-0.39, 0.29) is 18.6 Å². The first kappa shape index (κ1) is 15.7. The van der Waals surface area contributed by atoms with Crippen molar-refractivity contribution in [3.8, 4) is 0 Å². The van der Waals surface area contributed by atoms with Gasteiger partial charge in [0.05, 0.1) is 19.4 Å². The van der Waals surface area contributed by atoms with Gasteiger partial charge in [-0.05, 0) is 32.4 Å². The van der Waals surface area contributed by atoms with Gasteiger partial charge in [-0.15, -0.1) is 0 Å². The van der Waals surface area contributed by atoms with Crippen LogP contribution in [0.2, 0.25) is 0 Å². The minimum atomic E-state index is 0.0584. The smallest absolute Gasteiger partial charge is 0.236 e. The zero-order valence-corrected chi connectivity index (χ0v) is 12.0. The van der Waals surface area contributed by atoms with Gasteiger partial charge in [-0.25, -0.2) is 0 Å². The summed E-state index contributed by atoms with van der Waals surface area (Å²) in [4.78, 5) is 15.9. The van der Waals surface area contributed by atoms with Crippen LogP contribution in [0.1, 0.15) is 26.0 Å². The highest BCUT2D eigenvalue weighted by atomic mass is 16.3. The molecule has 1 aromatic rings. The Bertz CT molecular complexity index is 363. The number of aliphatic hydroxyl groups excluding tert-OH is 1. The maximum Gasteiger partial charge on any atom is 0.236 e. The van der Waals surface area contributed by atoms with Crippen LogP contribution in [0.5, 0.6) is 0 Å². The summed E-state index contributed by atoms with van der Waals surface area (Å²) in [6, 6.07) is 3.96. The molecule has 1 heterocycles. The topological polar surface area (TPSA) is 56.9 Å². The molecular weight excluding hydrogens is 244 g/mol. The maximum absolute atomic E-state index is 12.1. The van der Waals surface area contributed by atoms with Gasteiger partial charge in [-0.3, -0.25) is 9.69 Å². The molecule has 0 saturated carbocycles. The van der Waals surface area contributed by atoms with E-state index in [1.807, 2.05) is 12.1 Å². The summed E-state index contributed by atoms with van der Waals surface area (Å²) in [7, 11) is 1.77. The van der Waals surface area contributed by atoms with E-state index in [1.54, 1.807) is 18.2 Å². The zero-order chi connectivity index (χ0) is 14.3. The molecule has 0 aliphatic carbocycles. The van der Waals surface area contributed by atoms with E-state index in [4.69, 9.17) is 9.52 Å². The molecule has 5 heteroatoms. The van der Waals surface area contributed by atoms with Gasteiger partial charge in [0.15, 0.2) is 0 Å². The van der Waals surface area contributed by atoms with Crippen molar-refractivity contribution in [2.75, 3.05) is 26.7 Å². The first-order valence-corrected chi connectivity index (χ1v) is 6.66. The summed E-state index contributed by atoms with van der Waals surface area (Å²) in [5.74, 6) is 0.838. The van der Waals surface area contributed by atoms with E-state index in [2.05, 4.69) is 18.7 Å². The molecule has 1 N–H and O–H groups in total. The minimum absolute atomic E-state index is 0.0584. The summed E-state index contributed by atoms with van der Waals surface area (Å²) >= 11 is 0. The van der Waals surface area contributed by atoms with Gasteiger partial charge in [0.1, 0.15) is 5.76 Å². The number of hydrogen-bond donors (Lipinski definition) is 1. The van der Waals surface area contributed by atoms with Crippen molar-refractivity contribution in [1.82, 2.24) is 9.80 Å². The van der Waals surface area contributed by atoms with Crippen molar-refractivity contribution < 1.29 is 14.3 Å². The van der Waals surface area contributed by atoms with Gasteiger partial charge in [-0.2, -0.15) is 0 Å². The third-order valence-corrected chi connectivity index (χ3v) is 3.07. The Labute approximate surface area is 114 Å². The third-order valence-electron chi connectivity index (χ3n) is 3.07. The Hall–Kier alpha value is -1.33. The summed E-state index contributed by atoms with van der Waals surface area (Å²) < 4.78 is 5.23. The maximum atomic E-state index is 12.1. The molecule has 0 fully saturated rings. The second kappa shape index (κ2) is 7.96. The standard InChI is InChI=1S/C14H24N2O3/c1-12(2)16(7-5-8-17)11-14(18)15(3)10-13-6-4-9-19-13/h4,6,9,12,17H,5,7-8,10-11H2,1-3H3. The first-order valence-electron chi connectivity index (χ1n) is 6.66. The molecule has 0 spiro atoms. The Kier molecular flexibility index (Phi) is 6.59. The van der Waals surface area contributed by atoms with Crippen molar-refractivity contribution >= 4 is 5.91 Å². The van der Waals surface area contributed by atoms with E-state index >= 15 is 0 Å². The number of amides is 1. The molecule has 19 heavy (non-hydrogen) atoms. The molecular formula is C14H24N2O3. The van der Waals surface area contributed by atoms with Crippen molar-refractivity contribution in [3.63, 3.8) is 0 Å². The van der Waals surface area contributed by atoms with E-state index < -0.39 is 0 Å². The average Bonchev–Trinajstić information content (AvgIpc) is 2.86. The van der Waals surface area contributed by atoms with Crippen molar-refractivity contribution in [2.24, 2.45) is 0 Å². The van der Waals surface area contributed by atoms with Gasteiger partial charge >= 0.3 is 0 Å². The second-order valence-corrected chi connectivity index (χ2v) is 4.97. The fourth-order valence-corrected chi connectivity index (χ4v) is 1.81. The van der Waals surface area contributed by atoms with E-state index in [1.165, 1.54) is 0 Å². The number of rotatable bonds is 8. The molecule has 0 bridgehead atoms. The lowest BCUT2D eigenvalue weighted by Crippen LogP contribution is -2.42. The molecule has 0 unspecified atom stereocenters. The number of nitrogens with zero attached hydrogens (tertiary/aromatic N) is 2. The van der Waals surface area contributed by atoms with Crippen LogP contribution in [0.3, 0.4) is 0 Å². The van der Waals surface area contributed by atoms with Crippen LogP contribution in [-0.2, 0) is 11.3 Å². The van der Waals surface area contributed by atoms with Crippen LogP contribution in [0.25, 0.3) is 0 Å². The lowest BCUT2D eigenvalue weighted by Gasteiger charge is -2.27. The zero-order valence-electron chi connectivity index (χ0n) is 12.0. The van der Waals surface area contributed by atoms with Crippen LogP contribution >= 0.6 is 0 Å². The SMILES string of the molecule is CC(C)N(CCCO)CC(=O)N(C)Cc1ccco1. The summed E-state index contributed by atoms with van der Waals surface area (Å²) in [6.45, 7) is 5.84. The highest BCUT2D eigenvalue weighted by Gasteiger charge is 2.17. The fraction of sp³-hybridized carbons (Fsp3) is 0.643. The molecule has 5 nitrogen and oxygen atoms in total. The Morgan fingerprint density at radius 2 is 2.21 bits per heavy atom. The van der Waals surface area contributed by atoms with Crippen LogP contribution < -0.4 is 0 Å². The van der Waals surface area contributed by atoms with Gasteiger partial charge < -0.3 is 14.4 Å². The predicted molar refractivity (Wildman–Crippen MR) is 73.6 cm³/mol. The molecule has 1 aromatic heterocycles. The molecule has 1 amide bonds. The van der Waals surface area contributed by atoms with Crippen molar-refractivity contribution in [3.05, 3.63) is 24.2 Å². The molecule has 0 saturated heterocycles. The van der Waals surface area contributed by atoms with Gasteiger partial charge in [0.2, 0.25) is 5.91 Å². The summed E-state index contributed by atoms with van der Waals surface area (Å²) in [5, 5.41) is 8.88. The fourth-order valence-electron chi connectivity index (χ4n) is 1.81. The highest BCUT2D eigenvalue weighted by Crippen LogP contribution is 2.06. The molecule has 0 radical (unpaired) electrons. The Morgan fingerprint density at radius 3 is 2.74 bits per heavy atom. The molecule has 0 aliphatic rings. The van der Waals surface area contributed by atoms with E-state index in [9.17, 15) is 4.79 Å². The summed E-state index contributed by atoms with van der Waals surface area (Å²) in [5.41, 5.74) is 0. The molecule has 0 atom stereocenters. The summed E-state index contributed by atoms with van der Waals surface area (Å²) in [6.07, 6.45) is 2.29. The van der Waals surface area contributed by atoms with Crippen LogP contribution in [0.15, 0.2) is 22.8 Å². The second-order valence-electron chi connectivity index (χ2n) is 4.97. The number of aliphatic hydroxyl groups is 1. The Morgan fingerprint density at radius 1 is 1.47 bits per heavy atom. The number of likely N-dealkylation sites (N-methyl/N-ethyl adjacent to an activating group) is 1. The highest BCUT2D eigenvalue weighted by molar-refractivity contribution is 5.77. The van der Waals surface area contributed by atoms with E-state index in [0.29, 0.717) is 19.5 Å². The number of carbonyl (C=O) groups is 1. The predicted octanol–water partition coefficient (Wildman–Crippen LogP) is 1.33. The van der Waals surface area contributed by atoms with Crippen LogP contribution in [-0.4, -0.2) is 53.6 Å². The quantitative estimate of drug-likeness (QED) is 0.773. The van der Waals surface area contributed by atoms with E-state index in [0.717, 1.165) is 12.3 Å². The molecule has 1 rings (SSSR count). The van der Waals surface area contributed by atoms with Gasteiger partial charge in [0.25, 0.3) is 0 Å². The van der Waals surface area contributed by atoms with Crippen molar-refractivity contribution in [1.29, 1.82) is 0 Å². The van der Waals surface area contributed by atoms with Crippen LogP contribution in [0, 0.1) is 0 Å². The lowest BCUT2D eigenvalue weighted by atomic mass is 10.2. The minimum Gasteiger partial charge on any atom is -0.467 e. The first-order chi connectivity index (χ1) is 9.04. The number of carbonyl (C=O) groups excluding carboxylic acids is 1. The third kappa shape index (κ3) is 5.44. The van der Waals surface area contributed by atoms with Gasteiger partial charge in [0, 0.05) is 26.2 Å². The van der Waals surface area contributed by atoms with Crippen molar-refractivity contribution in [2.45, 2.75) is 32.9 Å². The monoisotopic (exact) mass is 268 g/mol. The average molecular weight is 268 g/mol. The molecule has 0 aliphatic heterocycles. The largest absolute Gasteiger partial charge is 0.467 e. The Balaban J connectivity index is 2.46. The number of hydrogen-bond acceptors (Lipinski definition) is 4. The lowest BCUT2D eigenvalue weighted by molar-refractivity contribution is -0.132.